The van der Waals surface area contributed by atoms with Crippen molar-refractivity contribution < 1.29 is 9.53 Å². The largest absolute Gasteiger partial charge is 0.488 e. The number of fused-ring (bicyclic) bond motifs is 1. The number of benzene rings is 1. The summed E-state index contributed by atoms with van der Waals surface area (Å²) in [5.41, 5.74) is 1.23. The monoisotopic (exact) mass is 288 g/mol. The number of carbonyl (C=O) groups is 1. The van der Waals surface area contributed by atoms with Gasteiger partial charge in [0.15, 0.2) is 0 Å². The SMILES string of the molecule is CCC1CCNC(C(=O)NCC2Cc3ccccc3O2)C1. The number of ether oxygens (including phenoxy) is 1. The molecule has 21 heavy (non-hydrogen) atoms. The molecule has 0 radical (unpaired) electrons. The van der Waals surface area contributed by atoms with Crippen molar-refractivity contribution >= 4 is 5.91 Å². The van der Waals surface area contributed by atoms with Crippen LogP contribution >= 0.6 is 0 Å². The average Bonchev–Trinajstić information content (AvgIpc) is 2.95. The first-order valence-electron chi connectivity index (χ1n) is 8.02. The lowest BCUT2D eigenvalue weighted by Gasteiger charge is -2.29. The van der Waals surface area contributed by atoms with Crippen LogP contribution in [-0.4, -0.2) is 31.1 Å². The van der Waals surface area contributed by atoms with Crippen molar-refractivity contribution in [2.24, 2.45) is 5.92 Å². The van der Waals surface area contributed by atoms with Gasteiger partial charge in [-0.2, -0.15) is 0 Å². The minimum Gasteiger partial charge on any atom is -0.488 e. The molecule has 2 heterocycles. The van der Waals surface area contributed by atoms with Crippen LogP contribution in [0.2, 0.25) is 0 Å². The van der Waals surface area contributed by atoms with Crippen molar-refractivity contribution in [2.75, 3.05) is 13.1 Å². The minimum absolute atomic E-state index is 0.0347. The van der Waals surface area contributed by atoms with Gasteiger partial charge in [0.1, 0.15) is 11.9 Å². The van der Waals surface area contributed by atoms with Gasteiger partial charge in [0.2, 0.25) is 5.91 Å². The number of hydrogen-bond donors (Lipinski definition) is 2. The van der Waals surface area contributed by atoms with Gasteiger partial charge in [0, 0.05) is 6.42 Å². The fraction of sp³-hybridized carbons (Fsp3) is 0.588. The average molecular weight is 288 g/mol. The van der Waals surface area contributed by atoms with Crippen LogP contribution in [0.1, 0.15) is 31.7 Å². The van der Waals surface area contributed by atoms with E-state index >= 15 is 0 Å². The molecule has 0 saturated carbocycles. The lowest BCUT2D eigenvalue weighted by Crippen LogP contribution is -2.50. The van der Waals surface area contributed by atoms with E-state index in [1.807, 2.05) is 18.2 Å². The Kier molecular flexibility index (Phi) is 4.44. The van der Waals surface area contributed by atoms with Crippen molar-refractivity contribution in [1.29, 1.82) is 0 Å². The molecule has 0 aliphatic carbocycles. The number of carbonyl (C=O) groups excluding carboxylic acids is 1. The molecule has 2 aliphatic heterocycles. The van der Waals surface area contributed by atoms with Crippen molar-refractivity contribution in [1.82, 2.24) is 10.6 Å². The third-order valence-electron chi connectivity index (χ3n) is 4.62. The van der Waals surface area contributed by atoms with Crippen molar-refractivity contribution in [3.8, 4) is 5.75 Å². The molecule has 114 valence electrons. The second kappa shape index (κ2) is 6.48. The standard InChI is InChI=1S/C17H24N2O2/c1-2-12-7-8-18-15(9-12)17(20)19-11-14-10-13-5-3-4-6-16(13)21-14/h3-6,12,14-15,18H,2,7-11H2,1H3,(H,19,20). The van der Waals surface area contributed by atoms with Crippen LogP contribution in [0.4, 0.5) is 0 Å². The Bertz CT molecular complexity index is 478. The number of nitrogens with one attached hydrogen (secondary N) is 2. The highest BCUT2D eigenvalue weighted by Gasteiger charge is 2.27. The second-order valence-electron chi connectivity index (χ2n) is 6.10. The normalized spacial score (nSPS) is 27.8. The van der Waals surface area contributed by atoms with Crippen molar-refractivity contribution in [3.63, 3.8) is 0 Å². The van der Waals surface area contributed by atoms with Crippen LogP contribution in [0, 0.1) is 5.92 Å². The zero-order valence-electron chi connectivity index (χ0n) is 12.6. The van der Waals surface area contributed by atoms with E-state index in [-0.39, 0.29) is 18.1 Å². The molecule has 2 aliphatic rings. The number of hydrogen-bond acceptors (Lipinski definition) is 3. The van der Waals surface area contributed by atoms with Crippen LogP contribution < -0.4 is 15.4 Å². The van der Waals surface area contributed by atoms with E-state index in [0.29, 0.717) is 12.5 Å². The number of para-hydroxylation sites is 1. The van der Waals surface area contributed by atoms with Gasteiger partial charge in [-0.15, -0.1) is 0 Å². The highest BCUT2D eigenvalue weighted by molar-refractivity contribution is 5.81. The Morgan fingerprint density at radius 3 is 3.10 bits per heavy atom. The van der Waals surface area contributed by atoms with E-state index in [9.17, 15) is 4.79 Å². The summed E-state index contributed by atoms with van der Waals surface area (Å²) in [7, 11) is 0. The molecular weight excluding hydrogens is 264 g/mol. The number of amides is 1. The van der Waals surface area contributed by atoms with Gasteiger partial charge in [-0.25, -0.2) is 0 Å². The van der Waals surface area contributed by atoms with Gasteiger partial charge < -0.3 is 15.4 Å². The predicted octanol–water partition coefficient (Wildman–Crippen LogP) is 1.88. The summed E-state index contributed by atoms with van der Waals surface area (Å²) in [6.07, 6.45) is 4.24. The molecule has 0 aromatic heterocycles. The fourth-order valence-electron chi connectivity index (χ4n) is 3.27. The maximum absolute atomic E-state index is 12.3. The van der Waals surface area contributed by atoms with Gasteiger partial charge in [-0.05, 0) is 36.9 Å². The Morgan fingerprint density at radius 1 is 1.43 bits per heavy atom. The topological polar surface area (TPSA) is 50.4 Å². The molecule has 0 spiro atoms. The Labute approximate surface area is 126 Å². The first kappa shape index (κ1) is 14.4. The maximum Gasteiger partial charge on any atom is 0.237 e. The maximum atomic E-state index is 12.3. The van der Waals surface area contributed by atoms with E-state index in [4.69, 9.17) is 4.74 Å². The van der Waals surface area contributed by atoms with Crippen LogP contribution in [0.3, 0.4) is 0 Å². The molecule has 2 N–H and O–H groups in total. The van der Waals surface area contributed by atoms with Gasteiger partial charge in [-0.1, -0.05) is 31.5 Å². The molecule has 3 atom stereocenters. The summed E-state index contributed by atoms with van der Waals surface area (Å²) in [6.45, 7) is 3.74. The Morgan fingerprint density at radius 2 is 2.29 bits per heavy atom. The zero-order chi connectivity index (χ0) is 14.7. The first-order chi connectivity index (χ1) is 10.3. The van der Waals surface area contributed by atoms with E-state index in [1.165, 1.54) is 12.0 Å². The lowest BCUT2D eigenvalue weighted by molar-refractivity contribution is -0.124. The Balaban J connectivity index is 1.47. The molecule has 1 amide bonds. The van der Waals surface area contributed by atoms with Crippen LogP contribution in [0.15, 0.2) is 24.3 Å². The third kappa shape index (κ3) is 3.38. The summed E-state index contributed by atoms with van der Waals surface area (Å²) >= 11 is 0. The summed E-state index contributed by atoms with van der Waals surface area (Å²) < 4.78 is 5.85. The highest BCUT2D eigenvalue weighted by atomic mass is 16.5. The molecule has 1 aromatic carbocycles. The summed E-state index contributed by atoms with van der Waals surface area (Å²) in [4.78, 5) is 12.3. The summed E-state index contributed by atoms with van der Waals surface area (Å²) in [6, 6.07) is 8.06. The number of rotatable bonds is 4. The fourth-order valence-corrected chi connectivity index (χ4v) is 3.27. The predicted molar refractivity (Wildman–Crippen MR) is 82.4 cm³/mol. The van der Waals surface area contributed by atoms with Gasteiger partial charge in [0.05, 0.1) is 12.6 Å². The molecule has 1 saturated heterocycles. The third-order valence-corrected chi connectivity index (χ3v) is 4.62. The van der Waals surface area contributed by atoms with E-state index in [0.717, 1.165) is 31.6 Å². The van der Waals surface area contributed by atoms with Crippen molar-refractivity contribution in [2.45, 2.75) is 44.8 Å². The molecular formula is C17H24N2O2. The molecule has 3 rings (SSSR count). The smallest absolute Gasteiger partial charge is 0.237 e. The molecule has 4 heteroatoms. The van der Waals surface area contributed by atoms with Gasteiger partial charge >= 0.3 is 0 Å². The van der Waals surface area contributed by atoms with Crippen LogP contribution in [0.25, 0.3) is 0 Å². The zero-order valence-corrected chi connectivity index (χ0v) is 12.6. The quantitative estimate of drug-likeness (QED) is 0.889. The molecule has 1 fully saturated rings. The van der Waals surface area contributed by atoms with Gasteiger partial charge in [-0.3, -0.25) is 4.79 Å². The van der Waals surface area contributed by atoms with Crippen LogP contribution in [-0.2, 0) is 11.2 Å². The van der Waals surface area contributed by atoms with E-state index in [1.54, 1.807) is 0 Å². The van der Waals surface area contributed by atoms with Crippen molar-refractivity contribution in [3.05, 3.63) is 29.8 Å². The molecule has 3 unspecified atom stereocenters. The summed E-state index contributed by atoms with van der Waals surface area (Å²) in [5.74, 6) is 1.75. The number of piperidine rings is 1. The molecule has 0 bridgehead atoms. The minimum atomic E-state index is -0.0347. The van der Waals surface area contributed by atoms with Gasteiger partial charge in [0.25, 0.3) is 0 Å². The molecule has 1 aromatic rings. The summed E-state index contributed by atoms with van der Waals surface area (Å²) in [5, 5.41) is 6.37. The van der Waals surface area contributed by atoms with E-state index < -0.39 is 0 Å². The second-order valence-corrected chi connectivity index (χ2v) is 6.10. The van der Waals surface area contributed by atoms with E-state index in [2.05, 4.69) is 23.6 Å². The molecule has 4 nitrogen and oxygen atoms in total. The first-order valence-corrected chi connectivity index (χ1v) is 8.02. The Hall–Kier alpha value is -1.55. The lowest BCUT2D eigenvalue weighted by atomic mass is 9.90. The highest BCUT2D eigenvalue weighted by Crippen LogP contribution is 2.27. The van der Waals surface area contributed by atoms with Crippen LogP contribution in [0.5, 0.6) is 5.75 Å².